The van der Waals surface area contributed by atoms with E-state index in [-0.39, 0.29) is 30.1 Å². The average Bonchev–Trinajstić information content (AvgIpc) is 3.55. The molecule has 2 aromatic rings. The average molecular weight is 440 g/mol. The molecule has 1 heterocycles. The smallest absolute Gasteiger partial charge is 0.241 e. The third-order valence-corrected chi connectivity index (χ3v) is 6.19. The summed E-state index contributed by atoms with van der Waals surface area (Å²) in [5.41, 5.74) is 1.83. The number of carbonyl (C=O) groups is 1. The van der Waals surface area contributed by atoms with Gasteiger partial charge >= 0.3 is 0 Å². The van der Waals surface area contributed by atoms with Crippen LogP contribution in [0.1, 0.15) is 43.4 Å². The lowest BCUT2D eigenvalue weighted by Crippen LogP contribution is -2.49. The van der Waals surface area contributed by atoms with E-state index in [1.807, 2.05) is 41.3 Å². The number of amides is 1. The Kier molecular flexibility index (Phi) is 7.33. The van der Waals surface area contributed by atoms with Crippen LogP contribution in [-0.2, 0) is 4.79 Å². The van der Waals surface area contributed by atoms with Crippen LogP contribution in [0, 0.1) is 17.6 Å². The van der Waals surface area contributed by atoms with Crippen molar-refractivity contribution in [1.82, 2.24) is 15.5 Å². The number of halogens is 2. The minimum atomic E-state index is -0.486. The van der Waals surface area contributed by atoms with Gasteiger partial charge in [0.05, 0.1) is 12.1 Å². The summed E-state index contributed by atoms with van der Waals surface area (Å²) >= 11 is 0. The van der Waals surface area contributed by atoms with Gasteiger partial charge in [-0.15, -0.1) is 0 Å². The molecule has 32 heavy (non-hydrogen) atoms. The summed E-state index contributed by atoms with van der Waals surface area (Å²) in [6, 6.07) is 12.7. The Labute approximate surface area is 188 Å². The molecule has 1 fully saturated rings. The maximum Gasteiger partial charge on any atom is 0.241 e. The van der Waals surface area contributed by atoms with Crippen molar-refractivity contribution in [2.75, 3.05) is 26.2 Å². The first-order valence-electron chi connectivity index (χ1n) is 11.5. The van der Waals surface area contributed by atoms with Gasteiger partial charge in [0.2, 0.25) is 5.91 Å². The molecule has 4 rings (SSSR count). The van der Waals surface area contributed by atoms with E-state index in [2.05, 4.69) is 17.6 Å². The predicted octanol–water partition coefficient (Wildman–Crippen LogP) is 4.30. The summed E-state index contributed by atoms with van der Waals surface area (Å²) in [7, 11) is 0. The molecule has 2 aromatic carbocycles. The molecule has 4 nitrogen and oxygen atoms in total. The molecule has 170 valence electrons. The zero-order chi connectivity index (χ0) is 22.5. The lowest BCUT2D eigenvalue weighted by atomic mass is 10.0. The van der Waals surface area contributed by atoms with E-state index in [0.717, 1.165) is 56.6 Å². The normalized spacial score (nSPS) is 19.2. The van der Waals surface area contributed by atoms with Gasteiger partial charge in [0.1, 0.15) is 11.6 Å². The molecule has 0 saturated heterocycles. The molecule has 2 aliphatic rings. The molecule has 1 aliphatic carbocycles. The fourth-order valence-electron chi connectivity index (χ4n) is 4.36. The molecule has 2 atom stereocenters. The highest BCUT2D eigenvalue weighted by atomic mass is 19.1. The van der Waals surface area contributed by atoms with Crippen molar-refractivity contribution in [3.05, 3.63) is 77.4 Å². The third kappa shape index (κ3) is 5.25. The second-order valence-electron chi connectivity index (χ2n) is 8.66. The quantitative estimate of drug-likeness (QED) is 0.543. The second-order valence-corrected chi connectivity index (χ2v) is 8.66. The van der Waals surface area contributed by atoms with Gasteiger partial charge in [0.15, 0.2) is 0 Å². The van der Waals surface area contributed by atoms with Crippen LogP contribution in [-0.4, -0.2) is 43.0 Å². The Morgan fingerprint density at radius 3 is 2.59 bits per heavy atom. The molecular formula is C26H31F2N3O. The van der Waals surface area contributed by atoms with Crippen LogP contribution in [0.15, 0.2) is 54.6 Å². The summed E-state index contributed by atoms with van der Waals surface area (Å²) < 4.78 is 28.4. The van der Waals surface area contributed by atoms with Crippen molar-refractivity contribution in [3.63, 3.8) is 0 Å². The molecule has 0 spiro atoms. The SMILES string of the molecule is CCCNCCNC(C(=O)N1CC(c2cc(F)ccc2F)=CC1c1ccccc1)C1CC1. The molecule has 2 N–H and O–H groups in total. The van der Waals surface area contributed by atoms with E-state index in [9.17, 15) is 13.6 Å². The van der Waals surface area contributed by atoms with Crippen molar-refractivity contribution >= 4 is 11.5 Å². The molecule has 6 heteroatoms. The summed E-state index contributed by atoms with van der Waals surface area (Å²) in [6.45, 7) is 4.87. The Bertz CT molecular complexity index is 959. The molecule has 0 radical (unpaired) electrons. The van der Waals surface area contributed by atoms with Crippen molar-refractivity contribution in [2.24, 2.45) is 5.92 Å². The van der Waals surface area contributed by atoms with E-state index >= 15 is 0 Å². The van der Waals surface area contributed by atoms with Crippen LogP contribution in [0.4, 0.5) is 8.78 Å². The fourth-order valence-corrected chi connectivity index (χ4v) is 4.36. The highest BCUT2D eigenvalue weighted by Gasteiger charge is 2.41. The number of benzene rings is 2. The standard InChI is InChI=1S/C26H31F2N3O/c1-2-12-29-13-14-30-25(19-8-9-19)26(32)31-17-20(22-16-21(27)10-11-23(22)28)15-24(31)18-6-4-3-5-7-18/h3-7,10-11,15-16,19,24-25,29-30H,2,8-9,12-14,17H2,1H3. The van der Waals surface area contributed by atoms with Gasteiger partial charge in [0.25, 0.3) is 0 Å². The maximum atomic E-state index is 14.5. The molecule has 1 saturated carbocycles. The van der Waals surface area contributed by atoms with Crippen LogP contribution in [0.5, 0.6) is 0 Å². The molecule has 0 aromatic heterocycles. The lowest BCUT2D eigenvalue weighted by Gasteiger charge is -2.30. The van der Waals surface area contributed by atoms with E-state index in [4.69, 9.17) is 0 Å². The number of rotatable bonds is 10. The van der Waals surface area contributed by atoms with Crippen molar-refractivity contribution in [3.8, 4) is 0 Å². The zero-order valence-electron chi connectivity index (χ0n) is 18.5. The second kappa shape index (κ2) is 10.4. The Morgan fingerprint density at radius 1 is 1.09 bits per heavy atom. The van der Waals surface area contributed by atoms with Crippen LogP contribution >= 0.6 is 0 Å². The van der Waals surface area contributed by atoms with Gasteiger partial charge in [0, 0.05) is 25.2 Å². The maximum absolute atomic E-state index is 14.5. The molecule has 0 bridgehead atoms. The molecular weight excluding hydrogens is 408 g/mol. The number of carbonyl (C=O) groups excluding carboxylic acids is 1. The van der Waals surface area contributed by atoms with E-state index in [1.165, 1.54) is 6.07 Å². The number of hydrogen-bond donors (Lipinski definition) is 2. The monoisotopic (exact) mass is 439 g/mol. The first-order chi connectivity index (χ1) is 15.6. The zero-order valence-corrected chi connectivity index (χ0v) is 18.5. The van der Waals surface area contributed by atoms with Gasteiger partial charge in [-0.05, 0) is 61.1 Å². The lowest BCUT2D eigenvalue weighted by molar-refractivity contribution is -0.134. The summed E-state index contributed by atoms with van der Waals surface area (Å²) in [6.07, 6.45) is 5.04. The van der Waals surface area contributed by atoms with Gasteiger partial charge in [-0.25, -0.2) is 8.78 Å². The third-order valence-electron chi connectivity index (χ3n) is 6.19. The van der Waals surface area contributed by atoms with Crippen LogP contribution in [0.2, 0.25) is 0 Å². The van der Waals surface area contributed by atoms with Crippen molar-refractivity contribution in [1.29, 1.82) is 0 Å². The van der Waals surface area contributed by atoms with E-state index in [0.29, 0.717) is 11.5 Å². The van der Waals surface area contributed by atoms with Crippen molar-refractivity contribution < 1.29 is 13.6 Å². The first kappa shape index (κ1) is 22.6. The highest BCUT2D eigenvalue weighted by Crippen LogP contribution is 2.39. The summed E-state index contributed by atoms with van der Waals surface area (Å²) in [5.74, 6) is -0.599. The molecule has 1 amide bonds. The topological polar surface area (TPSA) is 44.4 Å². The van der Waals surface area contributed by atoms with E-state index in [1.54, 1.807) is 0 Å². The summed E-state index contributed by atoms with van der Waals surface area (Å²) in [4.78, 5) is 15.5. The van der Waals surface area contributed by atoms with Crippen LogP contribution < -0.4 is 10.6 Å². The number of hydrogen-bond acceptors (Lipinski definition) is 3. The number of nitrogens with zero attached hydrogens (tertiary/aromatic N) is 1. The largest absolute Gasteiger partial charge is 0.326 e. The molecule has 2 unspecified atom stereocenters. The van der Waals surface area contributed by atoms with Gasteiger partial charge < -0.3 is 15.5 Å². The van der Waals surface area contributed by atoms with Crippen LogP contribution in [0.25, 0.3) is 5.57 Å². The minimum absolute atomic E-state index is 0.0277. The van der Waals surface area contributed by atoms with E-state index < -0.39 is 11.6 Å². The fraction of sp³-hybridized carbons (Fsp3) is 0.423. The van der Waals surface area contributed by atoms with Gasteiger partial charge in [-0.3, -0.25) is 4.79 Å². The van der Waals surface area contributed by atoms with Crippen LogP contribution in [0.3, 0.4) is 0 Å². The minimum Gasteiger partial charge on any atom is -0.326 e. The Hall–Kier alpha value is -2.57. The molecule has 1 aliphatic heterocycles. The summed E-state index contributed by atoms with van der Waals surface area (Å²) in [5, 5.41) is 6.81. The Morgan fingerprint density at radius 2 is 1.88 bits per heavy atom. The predicted molar refractivity (Wildman–Crippen MR) is 123 cm³/mol. The number of nitrogens with one attached hydrogen (secondary N) is 2. The Balaban J connectivity index is 1.57. The van der Waals surface area contributed by atoms with Gasteiger partial charge in [-0.2, -0.15) is 0 Å². The van der Waals surface area contributed by atoms with Crippen molar-refractivity contribution in [2.45, 2.75) is 38.3 Å². The first-order valence-corrected chi connectivity index (χ1v) is 11.5. The highest BCUT2D eigenvalue weighted by molar-refractivity contribution is 5.87. The van der Waals surface area contributed by atoms with Gasteiger partial charge in [-0.1, -0.05) is 43.3 Å².